The van der Waals surface area contributed by atoms with Gasteiger partial charge in [-0.25, -0.2) is 0 Å². The van der Waals surface area contributed by atoms with Crippen molar-refractivity contribution in [3.05, 3.63) is 30.3 Å². The molecule has 0 saturated heterocycles. The summed E-state index contributed by atoms with van der Waals surface area (Å²) in [5, 5.41) is 9.99. The number of hydrogen-bond donors (Lipinski definition) is 0. The van der Waals surface area contributed by atoms with Crippen LogP contribution in [0.5, 0.6) is 0 Å². The fourth-order valence-corrected chi connectivity index (χ4v) is 1.66. The maximum absolute atomic E-state index is 9.01. The average molecular weight is 184 g/mol. The van der Waals surface area contributed by atoms with Gasteiger partial charge in [-0.2, -0.15) is 5.26 Å². The van der Waals surface area contributed by atoms with Crippen LogP contribution in [-0.2, 0) is 5.41 Å². The fraction of sp³-hybridized carbons (Fsp3) is 0.273. The van der Waals surface area contributed by atoms with E-state index in [0.717, 1.165) is 29.6 Å². The van der Waals surface area contributed by atoms with Crippen molar-refractivity contribution >= 4 is 11.0 Å². The maximum atomic E-state index is 9.01. The minimum absolute atomic E-state index is 0.334. The van der Waals surface area contributed by atoms with Crippen molar-refractivity contribution in [2.75, 3.05) is 0 Å². The van der Waals surface area contributed by atoms with E-state index in [9.17, 15) is 0 Å². The molecule has 3 nitrogen and oxygen atoms in total. The van der Waals surface area contributed by atoms with Crippen molar-refractivity contribution in [2.24, 2.45) is 0 Å². The number of rotatable bonds is 1. The molecule has 0 spiro atoms. The molecule has 1 aliphatic carbocycles. The van der Waals surface area contributed by atoms with Crippen LogP contribution in [0.25, 0.3) is 11.0 Å². The average Bonchev–Trinajstić information content (AvgIpc) is 2.91. The van der Waals surface area contributed by atoms with Gasteiger partial charge in [0.2, 0.25) is 0 Å². The van der Waals surface area contributed by atoms with Gasteiger partial charge in [-0.3, -0.25) is 4.98 Å². The highest BCUT2D eigenvalue weighted by molar-refractivity contribution is 5.77. The minimum Gasteiger partial charge on any atom is -0.459 e. The van der Waals surface area contributed by atoms with Crippen LogP contribution in [-0.4, -0.2) is 4.98 Å². The summed E-state index contributed by atoms with van der Waals surface area (Å²) in [5.74, 6) is 0.794. The molecule has 0 bridgehead atoms. The molecule has 3 rings (SSSR count). The summed E-state index contributed by atoms with van der Waals surface area (Å²) >= 11 is 0. The van der Waals surface area contributed by atoms with Crippen molar-refractivity contribution in [3.8, 4) is 6.07 Å². The van der Waals surface area contributed by atoms with E-state index in [1.165, 1.54) is 0 Å². The van der Waals surface area contributed by atoms with E-state index >= 15 is 0 Å². The first-order chi connectivity index (χ1) is 6.84. The van der Waals surface area contributed by atoms with Gasteiger partial charge < -0.3 is 4.42 Å². The molecule has 0 atom stereocenters. The number of furan rings is 1. The van der Waals surface area contributed by atoms with E-state index in [-0.39, 0.29) is 5.41 Å². The van der Waals surface area contributed by atoms with Gasteiger partial charge in [-0.05, 0) is 25.0 Å². The van der Waals surface area contributed by atoms with Gasteiger partial charge in [0.25, 0.3) is 0 Å². The van der Waals surface area contributed by atoms with E-state index in [1.807, 2.05) is 12.1 Å². The molecular weight excluding hydrogens is 176 g/mol. The normalized spacial score (nSPS) is 17.9. The molecule has 1 fully saturated rings. The van der Waals surface area contributed by atoms with Gasteiger partial charge in [0.05, 0.1) is 6.07 Å². The van der Waals surface area contributed by atoms with Crippen LogP contribution >= 0.6 is 0 Å². The Bertz CT molecular complexity index is 498. The summed E-state index contributed by atoms with van der Waals surface area (Å²) < 4.78 is 5.62. The number of aromatic nitrogens is 1. The van der Waals surface area contributed by atoms with E-state index in [0.29, 0.717) is 0 Å². The third kappa shape index (κ3) is 0.882. The quantitative estimate of drug-likeness (QED) is 0.683. The second kappa shape index (κ2) is 2.36. The summed E-state index contributed by atoms with van der Waals surface area (Å²) in [7, 11) is 0. The molecular formula is C11H8N2O. The summed E-state index contributed by atoms with van der Waals surface area (Å²) in [4.78, 5) is 4.01. The van der Waals surface area contributed by atoms with E-state index in [4.69, 9.17) is 9.68 Å². The van der Waals surface area contributed by atoms with Crippen molar-refractivity contribution in [2.45, 2.75) is 18.3 Å². The van der Waals surface area contributed by atoms with Crippen molar-refractivity contribution in [1.29, 1.82) is 5.26 Å². The SMILES string of the molecule is N#CC1(c2cc3cnccc3o2)CC1. The molecule has 1 saturated carbocycles. The highest BCUT2D eigenvalue weighted by Gasteiger charge is 2.48. The fourth-order valence-electron chi connectivity index (χ4n) is 1.66. The predicted octanol–water partition coefficient (Wildman–Crippen LogP) is 2.38. The van der Waals surface area contributed by atoms with Gasteiger partial charge in [-0.1, -0.05) is 0 Å². The largest absolute Gasteiger partial charge is 0.459 e. The van der Waals surface area contributed by atoms with Gasteiger partial charge in [0.1, 0.15) is 16.8 Å². The lowest BCUT2D eigenvalue weighted by Gasteiger charge is -1.97. The van der Waals surface area contributed by atoms with Crippen LogP contribution in [0.15, 0.2) is 28.9 Å². The summed E-state index contributed by atoms with van der Waals surface area (Å²) in [6.07, 6.45) is 5.28. The first-order valence-corrected chi connectivity index (χ1v) is 4.59. The molecule has 0 aromatic carbocycles. The van der Waals surface area contributed by atoms with E-state index < -0.39 is 0 Å². The van der Waals surface area contributed by atoms with Gasteiger partial charge in [-0.15, -0.1) is 0 Å². The third-order valence-corrected chi connectivity index (χ3v) is 2.75. The summed E-state index contributed by atoms with van der Waals surface area (Å²) in [6.45, 7) is 0. The summed E-state index contributed by atoms with van der Waals surface area (Å²) in [5.41, 5.74) is 0.482. The Labute approximate surface area is 81.0 Å². The van der Waals surface area contributed by atoms with E-state index in [1.54, 1.807) is 12.4 Å². The topological polar surface area (TPSA) is 49.8 Å². The Balaban J connectivity index is 2.21. The molecule has 2 aromatic rings. The molecule has 0 aliphatic heterocycles. The second-order valence-electron chi connectivity index (χ2n) is 3.72. The maximum Gasteiger partial charge on any atom is 0.137 e. The minimum atomic E-state index is -0.334. The Morgan fingerprint density at radius 3 is 3.00 bits per heavy atom. The van der Waals surface area contributed by atoms with Crippen LogP contribution in [0.2, 0.25) is 0 Å². The molecule has 3 heteroatoms. The predicted molar refractivity (Wildman–Crippen MR) is 50.5 cm³/mol. The first-order valence-electron chi connectivity index (χ1n) is 4.59. The third-order valence-electron chi connectivity index (χ3n) is 2.75. The lowest BCUT2D eigenvalue weighted by molar-refractivity contribution is 0.522. The zero-order valence-electron chi connectivity index (χ0n) is 7.53. The Hall–Kier alpha value is -1.82. The Kier molecular flexibility index (Phi) is 1.27. The molecule has 2 aromatic heterocycles. The zero-order valence-corrected chi connectivity index (χ0v) is 7.53. The van der Waals surface area contributed by atoms with Gasteiger partial charge >= 0.3 is 0 Å². The van der Waals surface area contributed by atoms with Crippen LogP contribution in [0.1, 0.15) is 18.6 Å². The molecule has 1 aliphatic rings. The van der Waals surface area contributed by atoms with Gasteiger partial charge in [0.15, 0.2) is 0 Å². The van der Waals surface area contributed by atoms with Crippen molar-refractivity contribution < 1.29 is 4.42 Å². The number of nitriles is 1. The van der Waals surface area contributed by atoms with Crippen LogP contribution in [0.3, 0.4) is 0 Å². The molecule has 0 amide bonds. The molecule has 0 radical (unpaired) electrons. The first kappa shape index (κ1) is 7.57. The van der Waals surface area contributed by atoms with Crippen LogP contribution in [0, 0.1) is 11.3 Å². The zero-order chi connectivity index (χ0) is 9.60. The number of nitrogens with zero attached hydrogens (tertiary/aromatic N) is 2. The monoisotopic (exact) mass is 184 g/mol. The van der Waals surface area contributed by atoms with E-state index in [2.05, 4.69) is 11.1 Å². The molecule has 14 heavy (non-hydrogen) atoms. The highest BCUT2D eigenvalue weighted by atomic mass is 16.3. The molecule has 0 unspecified atom stereocenters. The van der Waals surface area contributed by atoms with Crippen molar-refractivity contribution in [1.82, 2.24) is 4.98 Å². The smallest absolute Gasteiger partial charge is 0.137 e. The molecule has 0 N–H and O–H groups in total. The van der Waals surface area contributed by atoms with Crippen molar-refractivity contribution in [3.63, 3.8) is 0 Å². The highest BCUT2D eigenvalue weighted by Crippen LogP contribution is 2.48. The lowest BCUT2D eigenvalue weighted by atomic mass is 10.1. The summed E-state index contributed by atoms with van der Waals surface area (Å²) in [6, 6.07) is 6.07. The lowest BCUT2D eigenvalue weighted by Crippen LogP contribution is -1.99. The standard InChI is InChI=1S/C11H8N2O/c12-7-11(2-3-11)10-5-8-6-13-4-1-9(8)14-10/h1,4-6H,2-3H2. The van der Waals surface area contributed by atoms with Gasteiger partial charge in [0, 0.05) is 17.8 Å². The number of fused-ring (bicyclic) bond motifs is 1. The molecule has 2 heterocycles. The Morgan fingerprint density at radius 1 is 1.50 bits per heavy atom. The van der Waals surface area contributed by atoms with Crippen LogP contribution in [0.4, 0.5) is 0 Å². The molecule has 68 valence electrons. The van der Waals surface area contributed by atoms with Crippen LogP contribution < -0.4 is 0 Å². The number of pyridine rings is 1. The number of hydrogen-bond acceptors (Lipinski definition) is 3. The Morgan fingerprint density at radius 2 is 2.36 bits per heavy atom. The second-order valence-corrected chi connectivity index (χ2v) is 3.72.